The zero-order valence-electron chi connectivity index (χ0n) is 12.2. The number of halogens is 1. The van der Waals surface area contributed by atoms with E-state index in [1.165, 1.54) is 24.3 Å². The van der Waals surface area contributed by atoms with Gasteiger partial charge in [0.2, 0.25) is 10.0 Å². The third-order valence-electron chi connectivity index (χ3n) is 3.03. The van der Waals surface area contributed by atoms with Crippen LogP contribution in [0, 0.1) is 0 Å². The number of sulfonamides is 1. The molecule has 0 aliphatic carbocycles. The Bertz CT molecular complexity index is 845. The quantitative estimate of drug-likeness (QED) is 0.612. The van der Waals surface area contributed by atoms with Crippen LogP contribution in [0.2, 0.25) is 0 Å². The van der Waals surface area contributed by atoms with Gasteiger partial charge in [0.25, 0.3) is 5.91 Å². The molecular weight excluding hydrogens is 382 g/mol. The molecule has 0 radical (unpaired) electrons. The summed E-state index contributed by atoms with van der Waals surface area (Å²) in [6.07, 6.45) is 0. The fraction of sp³-hybridized carbons (Fsp3) is 0.0667. The topological polar surface area (TPSA) is 102 Å². The summed E-state index contributed by atoms with van der Waals surface area (Å²) < 4.78 is 23.3. The molecule has 2 aromatic rings. The van der Waals surface area contributed by atoms with Gasteiger partial charge in [-0.2, -0.15) is 5.10 Å². The van der Waals surface area contributed by atoms with E-state index >= 15 is 0 Å². The van der Waals surface area contributed by atoms with E-state index in [2.05, 4.69) is 26.5 Å². The molecule has 0 saturated heterocycles. The Hall–Kier alpha value is -2.03. The van der Waals surface area contributed by atoms with Gasteiger partial charge in [0.05, 0.1) is 10.6 Å². The van der Waals surface area contributed by atoms with Gasteiger partial charge in [0, 0.05) is 10.0 Å². The number of carbonyl (C=O) groups is 1. The molecule has 8 heteroatoms. The van der Waals surface area contributed by atoms with Gasteiger partial charge in [0.15, 0.2) is 0 Å². The number of carbonyl (C=O) groups excluding carboxylic acids is 1. The highest BCUT2D eigenvalue weighted by Gasteiger charge is 2.10. The smallest absolute Gasteiger partial charge is 0.267 e. The summed E-state index contributed by atoms with van der Waals surface area (Å²) in [5.74, 6) is -0.442. The minimum absolute atomic E-state index is 0.0522. The minimum atomic E-state index is -3.77. The average Bonchev–Trinajstić information content (AvgIpc) is 2.52. The van der Waals surface area contributed by atoms with E-state index in [4.69, 9.17) is 5.14 Å². The van der Waals surface area contributed by atoms with E-state index in [-0.39, 0.29) is 10.5 Å². The lowest BCUT2D eigenvalue weighted by Gasteiger charge is -2.04. The summed E-state index contributed by atoms with van der Waals surface area (Å²) in [4.78, 5) is 11.9. The molecule has 120 valence electrons. The van der Waals surface area contributed by atoms with Crippen molar-refractivity contribution in [3.63, 3.8) is 0 Å². The predicted molar refractivity (Wildman–Crippen MR) is 91.6 cm³/mol. The molecule has 3 N–H and O–H groups in total. The minimum Gasteiger partial charge on any atom is -0.267 e. The fourth-order valence-corrected chi connectivity index (χ4v) is 2.53. The van der Waals surface area contributed by atoms with Crippen molar-refractivity contribution in [3.8, 4) is 0 Å². The zero-order valence-corrected chi connectivity index (χ0v) is 14.6. The first-order chi connectivity index (χ1) is 10.8. The largest absolute Gasteiger partial charge is 0.271 e. The molecule has 23 heavy (non-hydrogen) atoms. The second kappa shape index (κ2) is 7.03. The maximum atomic E-state index is 12.0. The van der Waals surface area contributed by atoms with Crippen LogP contribution in [0.15, 0.2) is 63.0 Å². The molecule has 2 rings (SSSR count). The molecule has 0 aromatic heterocycles. The number of benzene rings is 2. The van der Waals surface area contributed by atoms with Crippen LogP contribution in [0.25, 0.3) is 0 Å². The van der Waals surface area contributed by atoms with Gasteiger partial charge in [-0.25, -0.2) is 19.0 Å². The summed E-state index contributed by atoms with van der Waals surface area (Å²) in [6, 6.07) is 12.8. The van der Waals surface area contributed by atoms with Crippen molar-refractivity contribution in [1.82, 2.24) is 5.43 Å². The number of nitrogens with two attached hydrogens (primary N) is 1. The molecule has 2 aromatic carbocycles. The van der Waals surface area contributed by atoms with Crippen molar-refractivity contribution >= 4 is 37.6 Å². The molecule has 0 heterocycles. The maximum Gasteiger partial charge on any atom is 0.271 e. The molecule has 0 spiro atoms. The molecule has 0 atom stereocenters. The summed E-state index contributed by atoms with van der Waals surface area (Å²) in [5.41, 5.74) is 4.23. The van der Waals surface area contributed by atoms with Crippen molar-refractivity contribution < 1.29 is 13.2 Å². The number of hydrogen-bond donors (Lipinski definition) is 2. The standard InChI is InChI=1S/C15H14BrN3O3S/c1-10(11-2-6-13(16)7-3-11)18-19-15(20)12-4-8-14(9-5-12)23(17,21)22/h2-9H,1H3,(H,19,20)(H2,17,21,22)/b18-10-. The number of primary sulfonamides is 1. The second-order valence-electron chi connectivity index (χ2n) is 4.71. The molecule has 0 bridgehead atoms. The van der Waals surface area contributed by atoms with Crippen LogP contribution in [-0.4, -0.2) is 20.0 Å². The van der Waals surface area contributed by atoms with Gasteiger partial charge in [-0.05, 0) is 48.9 Å². The summed E-state index contributed by atoms with van der Waals surface area (Å²) >= 11 is 3.35. The van der Waals surface area contributed by atoms with Gasteiger partial charge >= 0.3 is 0 Å². The third-order valence-corrected chi connectivity index (χ3v) is 4.49. The van der Waals surface area contributed by atoms with Crippen LogP contribution in [0.1, 0.15) is 22.8 Å². The van der Waals surface area contributed by atoms with Crippen LogP contribution in [0.3, 0.4) is 0 Å². The SMILES string of the molecule is C/C(=N/NC(=O)c1ccc(S(N)(=O)=O)cc1)c1ccc(Br)cc1. The molecule has 0 saturated carbocycles. The van der Waals surface area contributed by atoms with Crippen LogP contribution in [0.5, 0.6) is 0 Å². The monoisotopic (exact) mass is 395 g/mol. The molecular formula is C15H14BrN3O3S. The first-order valence-electron chi connectivity index (χ1n) is 6.51. The van der Waals surface area contributed by atoms with Gasteiger partial charge in [0.1, 0.15) is 0 Å². The van der Waals surface area contributed by atoms with Crippen LogP contribution in [-0.2, 0) is 10.0 Å². The molecule has 0 aliphatic rings. The van der Waals surface area contributed by atoms with E-state index < -0.39 is 15.9 Å². The number of nitrogens with one attached hydrogen (secondary N) is 1. The van der Waals surface area contributed by atoms with Gasteiger partial charge in [-0.3, -0.25) is 4.79 Å². The van der Waals surface area contributed by atoms with E-state index in [0.717, 1.165) is 10.0 Å². The molecule has 0 unspecified atom stereocenters. The number of hydrazone groups is 1. The highest BCUT2D eigenvalue weighted by molar-refractivity contribution is 9.10. The predicted octanol–water partition coefficient (Wildman–Crippen LogP) is 2.25. The Morgan fingerprint density at radius 1 is 1.04 bits per heavy atom. The summed E-state index contributed by atoms with van der Waals surface area (Å²) in [5, 5.41) is 9.03. The molecule has 0 aliphatic heterocycles. The Balaban J connectivity index is 2.09. The van der Waals surface area contributed by atoms with Gasteiger partial charge < -0.3 is 0 Å². The van der Waals surface area contributed by atoms with Crippen molar-refractivity contribution in [1.29, 1.82) is 0 Å². The number of rotatable bonds is 4. The lowest BCUT2D eigenvalue weighted by Crippen LogP contribution is -2.19. The maximum absolute atomic E-state index is 12.0. The number of amides is 1. The molecule has 0 fully saturated rings. The Kier molecular flexibility index (Phi) is 5.30. The normalized spacial score (nSPS) is 12.0. The van der Waals surface area contributed by atoms with Crippen molar-refractivity contribution in [2.24, 2.45) is 10.2 Å². The van der Waals surface area contributed by atoms with Crippen LogP contribution in [0.4, 0.5) is 0 Å². The Morgan fingerprint density at radius 3 is 2.09 bits per heavy atom. The van der Waals surface area contributed by atoms with Crippen molar-refractivity contribution in [3.05, 3.63) is 64.1 Å². The lowest BCUT2D eigenvalue weighted by molar-refractivity contribution is 0.0954. The number of nitrogens with zero attached hydrogens (tertiary/aromatic N) is 1. The first-order valence-corrected chi connectivity index (χ1v) is 8.85. The molecule has 6 nitrogen and oxygen atoms in total. The Labute approximate surface area is 142 Å². The van der Waals surface area contributed by atoms with Gasteiger partial charge in [-0.1, -0.05) is 28.1 Å². The van der Waals surface area contributed by atoms with E-state index in [1.54, 1.807) is 6.92 Å². The molecule has 1 amide bonds. The fourth-order valence-electron chi connectivity index (χ4n) is 1.75. The third kappa shape index (κ3) is 4.72. The van der Waals surface area contributed by atoms with Crippen molar-refractivity contribution in [2.45, 2.75) is 11.8 Å². The van der Waals surface area contributed by atoms with E-state index in [0.29, 0.717) is 5.71 Å². The first kappa shape index (κ1) is 17.3. The average molecular weight is 396 g/mol. The summed E-state index contributed by atoms with van der Waals surface area (Å²) in [6.45, 7) is 1.77. The Morgan fingerprint density at radius 2 is 1.57 bits per heavy atom. The van der Waals surface area contributed by atoms with E-state index in [1.807, 2.05) is 24.3 Å². The van der Waals surface area contributed by atoms with Crippen LogP contribution >= 0.6 is 15.9 Å². The highest BCUT2D eigenvalue weighted by atomic mass is 79.9. The number of hydrogen-bond acceptors (Lipinski definition) is 4. The lowest BCUT2D eigenvalue weighted by atomic mass is 10.1. The van der Waals surface area contributed by atoms with Crippen molar-refractivity contribution in [2.75, 3.05) is 0 Å². The van der Waals surface area contributed by atoms with Gasteiger partial charge in [-0.15, -0.1) is 0 Å². The zero-order chi connectivity index (χ0) is 17.0. The van der Waals surface area contributed by atoms with Crippen LogP contribution < -0.4 is 10.6 Å². The summed E-state index contributed by atoms with van der Waals surface area (Å²) in [7, 11) is -3.77. The van der Waals surface area contributed by atoms with E-state index in [9.17, 15) is 13.2 Å². The second-order valence-corrected chi connectivity index (χ2v) is 7.19. The highest BCUT2D eigenvalue weighted by Crippen LogP contribution is 2.11.